The van der Waals surface area contributed by atoms with Gasteiger partial charge in [0, 0.05) is 0 Å². The minimum absolute atomic E-state index is 0.156. The molecule has 0 spiro atoms. The zero-order valence-corrected chi connectivity index (χ0v) is 15.8. The Hall–Kier alpha value is -3.12. The van der Waals surface area contributed by atoms with Gasteiger partial charge in [-0.25, -0.2) is 9.69 Å². The number of urea groups is 1. The fourth-order valence-electron chi connectivity index (χ4n) is 2.78. The smallest absolute Gasteiger partial charge is 0.335 e. The number of hydrogen-bond acceptors (Lipinski definition) is 4. The maximum Gasteiger partial charge on any atom is 0.335 e. The van der Waals surface area contributed by atoms with Gasteiger partial charge in [0.25, 0.3) is 11.8 Å². The lowest BCUT2D eigenvalue weighted by Gasteiger charge is -2.27. The van der Waals surface area contributed by atoms with Crippen LogP contribution in [0.25, 0.3) is 6.08 Å². The molecular weight excluding hydrogens is 368 g/mol. The Balaban J connectivity index is 2.05. The number of imide groups is 2. The monoisotopic (exact) mass is 384 g/mol. The number of ether oxygens (including phenoxy) is 1. The highest BCUT2D eigenvalue weighted by Gasteiger charge is 2.37. The quantitative estimate of drug-likeness (QED) is 0.647. The van der Waals surface area contributed by atoms with Crippen LogP contribution in [0.5, 0.6) is 5.75 Å². The molecule has 0 saturated carbocycles. The van der Waals surface area contributed by atoms with Crippen molar-refractivity contribution in [2.24, 2.45) is 0 Å². The first-order valence-corrected chi connectivity index (χ1v) is 8.52. The second-order valence-corrected chi connectivity index (χ2v) is 6.55. The number of halogens is 1. The number of benzene rings is 2. The van der Waals surface area contributed by atoms with Crippen LogP contribution in [-0.2, 0) is 9.59 Å². The van der Waals surface area contributed by atoms with Crippen molar-refractivity contribution in [1.82, 2.24) is 5.32 Å². The fraction of sp³-hybridized carbons (Fsp3) is 0.150. The number of anilines is 1. The molecule has 1 aliphatic heterocycles. The zero-order valence-electron chi connectivity index (χ0n) is 15.0. The summed E-state index contributed by atoms with van der Waals surface area (Å²) in [6.07, 6.45) is 1.40. The molecule has 2 aromatic rings. The van der Waals surface area contributed by atoms with E-state index in [1.165, 1.54) is 13.2 Å². The number of hydrogen-bond donors (Lipinski definition) is 1. The topological polar surface area (TPSA) is 75.7 Å². The van der Waals surface area contributed by atoms with Gasteiger partial charge in [-0.3, -0.25) is 14.9 Å². The normalized spacial score (nSPS) is 15.9. The molecule has 0 aromatic heterocycles. The molecule has 1 heterocycles. The fourth-order valence-corrected chi connectivity index (χ4v) is 3.04. The van der Waals surface area contributed by atoms with Gasteiger partial charge in [-0.15, -0.1) is 0 Å². The van der Waals surface area contributed by atoms with Crippen molar-refractivity contribution in [1.29, 1.82) is 0 Å². The van der Waals surface area contributed by atoms with Crippen molar-refractivity contribution >= 4 is 41.2 Å². The van der Waals surface area contributed by atoms with Gasteiger partial charge in [-0.2, -0.15) is 0 Å². The van der Waals surface area contributed by atoms with E-state index in [9.17, 15) is 14.4 Å². The first kappa shape index (κ1) is 18.7. The van der Waals surface area contributed by atoms with Crippen molar-refractivity contribution in [3.05, 3.63) is 63.7 Å². The second kappa shape index (κ2) is 7.25. The summed E-state index contributed by atoms with van der Waals surface area (Å²) in [4.78, 5) is 38.5. The number of nitrogens with one attached hydrogen (secondary N) is 1. The molecule has 1 fully saturated rings. The van der Waals surface area contributed by atoms with Crippen molar-refractivity contribution in [3.63, 3.8) is 0 Å². The molecule has 0 bridgehead atoms. The lowest BCUT2D eigenvalue weighted by Crippen LogP contribution is -2.54. The molecule has 1 N–H and O–H groups in total. The van der Waals surface area contributed by atoms with Crippen LogP contribution < -0.4 is 15.0 Å². The number of methoxy groups -OCH3 is 1. The van der Waals surface area contributed by atoms with E-state index >= 15 is 0 Å². The van der Waals surface area contributed by atoms with Crippen LogP contribution in [0.15, 0.2) is 42.0 Å². The van der Waals surface area contributed by atoms with Crippen molar-refractivity contribution < 1.29 is 19.1 Å². The van der Waals surface area contributed by atoms with Gasteiger partial charge in [0.05, 0.1) is 17.8 Å². The Kier molecular flexibility index (Phi) is 5.01. The maximum atomic E-state index is 12.9. The molecule has 3 rings (SSSR count). The summed E-state index contributed by atoms with van der Waals surface area (Å²) < 4.78 is 5.09. The van der Waals surface area contributed by atoms with Gasteiger partial charge in [0.1, 0.15) is 11.3 Å². The number of nitrogens with zero attached hydrogens (tertiary/aromatic N) is 1. The standard InChI is InChI=1S/C20H17ClN2O4/c1-11-4-5-12(2)16(8-11)23-19(25)14(18(24)22-20(23)26)9-13-6-7-17(27-3)15(21)10-13/h4-10H,1-3H3,(H,22,24,26)/b14-9+. The highest BCUT2D eigenvalue weighted by atomic mass is 35.5. The van der Waals surface area contributed by atoms with Crippen LogP contribution in [0.4, 0.5) is 10.5 Å². The molecule has 1 aliphatic rings. The highest BCUT2D eigenvalue weighted by molar-refractivity contribution is 6.39. The summed E-state index contributed by atoms with van der Waals surface area (Å²) in [7, 11) is 1.49. The van der Waals surface area contributed by atoms with E-state index in [1.54, 1.807) is 31.2 Å². The number of carbonyl (C=O) groups excluding carboxylic acids is 3. The average molecular weight is 385 g/mol. The van der Waals surface area contributed by atoms with E-state index in [1.807, 2.05) is 19.1 Å². The molecule has 27 heavy (non-hydrogen) atoms. The minimum Gasteiger partial charge on any atom is -0.495 e. The molecule has 7 heteroatoms. The van der Waals surface area contributed by atoms with Crippen LogP contribution in [0, 0.1) is 13.8 Å². The van der Waals surface area contributed by atoms with Gasteiger partial charge >= 0.3 is 6.03 Å². The van der Waals surface area contributed by atoms with Gasteiger partial charge in [0.2, 0.25) is 0 Å². The molecule has 1 saturated heterocycles. The van der Waals surface area contributed by atoms with Crippen molar-refractivity contribution in [3.8, 4) is 5.75 Å². The summed E-state index contributed by atoms with van der Waals surface area (Å²) in [6, 6.07) is 9.52. The molecule has 4 amide bonds. The predicted molar refractivity (Wildman–Crippen MR) is 103 cm³/mol. The summed E-state index contributed by atoms with van der Waals surface area (Å²) in [6.45, 7) is 3.65. The zero-order chi connectivity index (χ0) is 19.7. The SMILES string of the molecule is COc1ccc(/C=C2\C(=O)NC(=O)N(c3cc(C)ccc3C)C2=O)cc1Cl. The Morgan fingerprint density at radius 2 is 1.81 bits per heavy atom. The molecule has 0 atom stereocenters. The van der Waals surface area contributed by atoms with E-state index < -0.39 is 17.8 Å². The Morgan fingerprint density at radius 1 is 1.07 bits per heavy atom. The Labute approximate surface area is 161 Å². The van der Waals surface area contributed by atoms with Crippen LogP contribution in [-0.4, -0.2) is 25.0 Å². The average Bonchev–Trinajstić information content (AvgIpc) is 2.61. The lowest BCUT2D eigenvalue weighted by atomic mass is 10.0. The van der Waals surface area contributed by atoms with E-state index in [0.29, 0.717) is 22.0 Å². The summed E-state index contributed by atoms with van der Waals surface area (Å²) >= 11 is 6.10. The largest absolute Gasteiger partial charge is 0.495 e. The predicted octanol–water partition coefficient (Wildman–Crippen LogP) is 3.63. The van der Waals surface area contributed by atoms with Gasteiger partial charge in [-0.05, 0) is 54.8 Å². The minimum atomic E-state index is -0.774. The van der Waals surface area contributed by atoms with Crippen LogP contribution in [0.3, 0.4) is 0 Å². The van der Waals surface area contributed by atoms with Gasteiger partial charge in [-0.1, -0.05) is 29.8 Å². The molecule has 0 aliphatic carbocycles. The van der Waals surface area contributed by atoms with Crippen LogP contribution in [0.1, 0.15) is 16.7 Å². The Morgan fingerprint density at radius 3 is 2.48 bits per heavy atom. The second-order valence-electron chi connectivity index (χ2n) is 6.14. The number of carbonyl (C=O) groups is 3. The van der Waals surface area contributed by atoms with Crippen molar-refractivity contribution in [2.45, 2.75) is 13.8 Å². The van der Waals surface area contributed by atoms with Crippen molar-refractivity contribution in [2.75, 3.05) is 12.0 Å². The van der Waals surface area contributed by atoms with Gasteiger partial charge < -0.3 is 4.74 Å². The van der Waals surface area contributed by atoms with E-state index in [2.05, 4.69) is 5.32 Å². The third-order valence-corrected chi connectivity index (χ3v) is 4.49. The third kappa shape index (κ3) is 3.57. The first-order chi connectivity index (χ1) is 12.8. The maximum absolute atomic E-state index is 12.9. The third-order valence-electron chi connectivity index (χ3n) is 4.19. The van der Waals surface area contributed by atoms with E-state index in [0.717, 1.165) is 16.0 Å². The van der Waals surface area contributed by atoms with E-state index in [4.69, 9.17) is 16.3 Å². The molecule has 0 unspecified atom stereocenters. The lowest BCUT2D eigenvalue weighted by molar-refractivity contribution is -0.122. The first-order valence-electron chi connectivity index (χ1n) is 8.14. The number of aryl methyl sites for hydroxylation is 2. The highest BCUT2D eigenvalue weighted by Crippen LogP contribution is 2.28. The molecular formula is C20H17ClN2O4. The molecule has 0 radical (unpaired) electrons. The number of rotatable bonds is 3. The molecule has 2 aromatic carbocycles. The van der Waals surface area contributed by atoms with Crippen LogP contribution >= 0.6 is 11.6 Å². The number of barbiturate groups is 1. The molecule has 6 nitrogen and oxygen atoms in total. The Bertz CT molecular complexity index is 997. The molecule has 138 valence electrons. The van der Waals surface area contributed by atoms with E-state index in [-0.39, 0.29) is 5.57 Å². The summed E-state index contributed by atoms with van der Waals surface area (Å²) in [5.41, 5.74) is 2.45. The van der Waals surface area contributed by atoms with Gasteiger partial charge in [0.15, 0.2) is 0 Å². The van der Waals surface area contributed by atoms with Crippen LogP contribution in [0.2, 0.25) is 5.02 Å². The summed E-state index contributed by atoms with van der Waals surface area (Å²) in [5, 5.41) is 2.56. The summed E-state index contributed by atoms with van der Waals surface area (Å²) in [5.74, 6) is -0.965. The number of amides is 4.